The number of anilines is 1. The van der Waals surface area contributed by atoms with Crippen molar-refractivity contribution in [3.05, 3.63) is 101 Å². The molecule has 35 heavy (non-hydrogen) atoms. The maximum Gasteiger partial charge on any atom is 0.276 e. The number of allylic oxidation sites excluding steroid dienone is 2. The van der Waals surface area contributed by atoms with Gasteiger partial charge in [0.25, 0.3) is 5.91 Å². The summed E-state index contributed by atoms with van der Waals surface area (Å²) in [5.74, 6) is -0.234. The molecule has 3 aromatic heterocycles. The van der Waals surface area contributed by atoms with Crippen molar-refractivity contribution in [2.45, 2.75) is 25.8 Å². The van der Waals surface area contributed by atoms with Crippen molar-refractivity contribution in [3.8, 4) is 11.3 Å². The van der Waals surface area contributed by atoms with Crippen LogP contribution in [0.2, 0.25) is 0 Å². The number of carbonyl (C=O) groups is 1. The molecule has 7 nitrogen and oxygen atoms in total. The lowest BCUT2D eigenvalue weighted by Gasteiger charge is -2.30. The average molecular weight is 463 g/mol. The van der Waals surface area contributed by atoms with Crippen LogP contribution in [0, 0.1) is 0 Å². The molecule has 174 valence electrons. The number of nitrogens with zero attached hydrogens (tertiary/aromatic N) is 4. The Balaban J connectivity index is 1.17. The largest absolute Gasteiger partial charge is 0.319 e. The molecule has 0 unspecified atom stereocenters. The molecule has 0 radical (unpaired) electrons. The lowest BCUT2D eigenvalue weighted by Crippen LogP contribution is -2.36. The van der Waals surface area contributed by atoms with E-state index in [2.05, 4.69) is 42.5 Å². The third-order valence-electron chi connectivity index (χ3n) is 6.70. The van der Waals surface area contributed by atoms with Gasteiger partial charge in [0.15, 0.2) is 5.69 Å². The van der Waals surface area contributed by atoms with Gasteiger partial charge >= 0.3 is 0 Å². The molecular formula is C28H26N6O. The van der Waals surface area contributed by atoms with Gasteiger partial charge < -0.3 is 5.32 Å². The van der Waals surface area contributed by atoms with Gasteiger partial charge in [0, 0.05) is 48.6 Å². The lowest BCUT2D eigenvalue weighted by atomic mass is 9.90. The number of rotatable bonds is 6. The molecule has 1 fully saturated rings. The Bertz CT molecular complexity index is 1390. The molecule has 1 saturated heterocycles. The number of amides is 1. The van der Waals surface area contributed by atoms with Gasteiger partial charge in [-0.3, -0.25) is 24.8 Å². The highest BCUT2D eigenvalue weighted by Gasteiger charge is 2.24. The summed E-state index contributed by atoms with van der Waals surface area (Å²) in [6.07, 6.45) is 10.4. The molecule has 0 spiro atoms. The van der Waals surface area contributed by atoms with E-state index in [9.17, 15) is 4.79 Å². The van der Waals surface area contributed by atoms with E-state index >= 15 is 0 Å². The number of H-pyrrole nitrogens is 1. The SMILES string of the molecule is O=C(Nc1ccc(-c2ccccc2)nc1)c1n[nH]c2c1CC(c1cncc(CN3CCC3)c1)=CC2. The molecule has 1 aliphatic carbocycles. The highest BCUT2D eigenvalue weighted by atomic mass is 16.1. The summed E-state index contributed by atoms with van der Waals surface area (Å²) in [4.78, 5) is 24.5. The van der Waals surface area contributed by atoms with Crippen LogP contribution >= 0.6 is 0 Å². The van der Waals surface area contributed by atoms with Crippen LogP contribution in [0.5, 0.6) is 0 Å². The van der Waals surface area contributed by atoms with E-state index in [-0.39, 0.29) is 5.91 Å². The lowest BCUT2D eigenvalue weighted by molar-refractivity contribution is 0.102. The Morgan fingerprint density at radius 3 is 2.69 bits per heavy atom. The van der Waals surface area contributed by atoms with Crippen molar-refractivity contribution in [3.63, 3.8) is 0 Å². The zero-order chi connectivity index (χ0) is 23.6. The van der Waals surface area contributed by atoms with Crippen molar-refractivity contribution in [1.82, 2.24) is 25.1 Å². The van der Waals surface area contributed by atoms with Gasteiger partial charge in [-0.25, -0.2) is 0 Å². The fourth-order valence-electron chi connectivity index (χ4n) is 4.64. The van der Waals surface area contributed by atoms with Gasteiger partial charge in [0.2, 0.25) is 0 Å². The average Bonchev–Trinajstić information content (AvgIpc) is 3.31. The van der Waals surface area contributed by atoms with Crippen molar-refractivity contribution in [2.24, 2.45) is 0 Å². The van der Waals surface area contributed by atoms with Crippen molar-refractivity contribution in [1.29, 1.82) is 0 Å². The van der Waals surface area contributed by atoms with Gasteiger partial charge in [-0.2, -0.15) is 5.10 Å². The molecule has 1 aromatic carbocycles. The summed E-state index contributed by atoms with van der Waals surface area (Å²) in [6, 6.07) is 16.0. The summed E-state index contributed by atoms with van der Waals surface area (Å²) in [5, 5.41) is 10.4. The van der Waals surface area contributed by atoms with E-state index in [1.807, 2.05) is 54.9 Å². The number of likely N-dealkylation sites (tertiary alicyclic amines) is 1. The fraction of sp³-hybridized carbons (Fsp3) is 0.214. The van der Waals surface area contributed by atoms with Gasteiger partial charge in [0.1, 0.15) is 0 Å². The highest BCUT2D eigenvalue weighted by Crippen LogP contribution is 2.29. The Morgan fingerprint density at radius 2 is 1.91 bits per heavy atom. The van der Waals surface area contributed by atoms with Crippen molar-refractivity contribution >= 4 is 17.2 Å². The molecule has 0 bridgehead atoms. The molecule has 1 aliphatic heterocycles. The molecule has 4 heterocycles. The summed E-state index contributed by atoms with van der Waals surface area (Å²) in [6.45, 7) is 3.26. The maximum atomic E-state index is 13.1. The third-order valence-corrected chi connectivity index (χ3v) is 6.70. The number of hydrogen-bond donors (Lipinski definition) is 2. The van der Waals surface area contributed by atoms with Gasteiger partial charge in [0.05, 0.1) is 17.6 Å². The Morgan fingerprint density at radius 1 is 1.03 bits per heavy atom. The number of fused-ring (bicyclic) bond motifs is 1. The van der Waals surface area contributed by atoms with Crippen LogP contribution < -0.4 is 5.32 Å². The molecule has 4 aromatic rings. The first kappa shape index (κ1) is 21.4. The molecule has 7 heteroatoms. The molecule has 6 rings (SSSR count). The van der Waals surface area contributed by atoms with Gasteiger partial charge in [-0.05, 0) is 54.4 Å². The van der Waals surface area contributed by atoms with Crippen LogP contribution in [-0.2, 0) is 19.4 Å². The minimum atomic E-state index is -0.234. The van der Waals surface area contributed by atoms with Crippen LogP contribution in [-0.4, -0.2) is 44.1 Å². The minimum Gasteiger partial charge on any atom is -0.319 e. The standard InChI is InChI=1S/C28H26N6O/c35-28(31-23-8-10-25(30-17-23)20-5-2-1-3-6-20)27-24-14-21(7-9-26(24)32-33-27)22-13-19(15-29-16-22)18-34-11-4-12-34/h1-3,5-8,10,13,15-17H,4,9,11-12,14,18H2,(H,31,35)(H,32,33). The predicted molar refractivity (Wildman–Crippen MR) is 136 cm³/mol. The molecular weight excluding hydrogens is 436 g/mol. The van der Waals surface area contributed by atoms with E-state index in [1.54, 1.807) is 6.20 Å². The second-order valence-electron chi connectivity index (χ2n) is 9.10. The Hall–Kier alpha value is -4.10. The van der Waals surface area contributed by atoms with E-state index in [0.717, 1.165) is 47.7 Å². The van der Waals surface area contributed by atoms with Crippen LogP contribution in [0.4, 0.5) is 5.69 Å². The van der Waals surface area contributed by atoms with Gasteiger partial charge in [-0.1, -0.05) is 36.4 Å². The molecule has 2 N–H and O–H groups in total. The second kappa shape index (κ2) is 9.27. The van der Waals surface area contributed by atoms with Crippen molar-refractivity contribution in [2.75, 3.05) is 18.4 Å². The smallest absolute Gasteiger partial charge is 0.276 e. The number of carbonyl (C=O) groups excluding carboxylic acids is 1. The van der Waals surface area contributed by atoms with E-state index in [1.165, 1.54) is 17.6 Å². The quantitative estimate of drug-likeness (QED) is 0.440. The summed E-state index contributed by atoms with van der Waals surface area (Å²) >= 11 is 0. The number of hydrogen-bond acceptors (Lipinski definition) is 5. The minimum absolute atomic E-state index is 0.234. The summed E-state index contributed by atoms with van der Waals surface area (Å²) in [5.41, 5.74) is 8.42. The molecule has 1 amide bonds. The van der Waals surface area contributed by atoms with E-state index < -0.39 is 0 Å². The Labute approximate surface area is 203 Å². The molecule has 2 aliphatic rings. The van der Waals surface area contributed by atoms with Crippen molar-refractivity contribution < 1.29 is 4.79 Å². The first-order valence-electron chi connectivity index (χ1n) is 12.0. The molecule has 0 atom stereocenters. The zero-order valence-electron chi connectivity index (χ0n) is 19.4. The van der Waals surface area contributed by atoms with Crippen LogP contribution in [0.1, 0.15) is 39.3 Å². The summed E-state index contributed by atoms with van der Waals surface area (Å²) in [7, 11) is 0. The third kappa shape index (κ3) is 4.50. The highest BCUT2D eigenvalue weighted by molar-refractivity contribution is 6.04. The number of nitrogens with one attached hydrogen (secondary N) is 2. The maximum absolute atomic E-state index is 13.1. The topological polar surface area (TPSA) is 86.8 Å². The Kier molecular flexibility index (Phi) is 5.68. The molecule has 0 saturated carbocycles. The number of aromatic amines is 1. The number of benzene rings is 1. The fourth-order valence-corrected chi connectivity index (χ4v) is 4.64. The van der Waals surface area contributed by atoms with E-state index in [0.29, 0.717) is 24.2 Å². The first-order chi connectivity index (χ1) is 17.2. The first-order valence-corrected chi connectivity index (χ1v) is 12.0. The predicted octanol–water partition coefficient (Wildman–Crippen LogP) is 4.51. The normalized spacial score (nSPS) is 15.1. The van der Waals surface area contributed by atoms with Crippen LogP contribution in [0.3, 0.4) is 0 Å². The zero-order valence-corrected chi connectivity index (χ0v) is 19.4. The van der Waals surface area contributed by atoms with Crippen LogP contribution in [0.15, 0.2) is 73.2 Å². The monoisotopic (exact) mass is 462 g/mol. The summed E-state index contributed by atoms with van der Waals surface area (Å²) < 4.78 is 0. The second-order valence-corrected chi connectivity index (χ2v) is 9.10. The number of pyridine rings is 2. The number of aromatic nitrogens is 4. The van der Waals surface area contributed by atoms with Gasteiger partial charge in [-0.15, -0.1) is 0 Å². The van der Waals surface area contributed by atoms with Crippen LogP contribution in [0.25, 0.3) is 16.8 Å². The van der Waals surface area contributed by atoms with E-state index in [4.69, 9.17) is 0 Å².